The summed E-state index contributed by atoms with van der Waals surface area (Å²) >= 11 is 2.85. The first-order valence-corrected chi connectivity index (χ1v) is 6.34. The van der Waals surface area contributed by atoms with Crippen LogP contribution in [0, 0.1) is 18.6 Å². The van der Waals surface area contributed by atoms with Crippen molar-refractivity contribution in [2.45, 2.75) is 6.92 Å². The molecule has 6 heteroatoms. The number of carboxylic acids is 1. The van der Waals surface area contributed by atoms with E-state index >= 15 is 0 Å². The summed E-state index contributed by atoms with van der Waals surface area (Å²) in [4.78, 5) is 10.8. The molecular weight excluding hydrogens is 334 g/mol. The summed E-state index contributed by atoms with van der Waals surface area (Å²) in [5, 5.41) is 8.85. The number of ether oxygens (including phenoxy) is 1. The highest BCUT2D eigenvalue weighted by Crippen LogP contribution is 2.33. The Morgan fingerprint density at radius 1 is 1.20 bits per heavy atom. The third-order valence-corrected chi connectivity index (χ3v) is 3.36. The zero-order valence-corrected chi connectivity index (χ0v) is 11.9. The number of carbonyl (C=O) groups is 1. The standard InChI is InChI=1S/C14H9BrF2O3/c1-7-2-4-9(16)11(6-7)20-10-5-3-8(14(18)19)12(15)13(10)17/h2-6H,1H3,(H,18,19). The molecule has 0 saturated heterocycles. The van der Waals surface area contributed by atoms with Crippen LogP contribution in [0.5, 0.6) is 11.5 Å². The lowest BCUT2D eigenvalue weighted by molar-refractivity contribution is 0.0695. The molecule has 0 radical (unpaired) electrons. The fourth-order valence-corrected chi connectivity index (χ4v) is 2.08. The molecule has 0 aromatic heterocycles. The Bertz CT molecular complexity index is 686. The molecule has 2 aromatic carbocycles. The van der Waals surface area contributed by atoms with E-state index in [1.165, 1.54) is 18.2 Å². The van der Waals surface area contributed by atoms with Gasteiger partial charge in [-0.15, -0.1) is 0 Å². The number of carboxylic acid groups (broad SMARTS) is 1. The predicted molar refractivity (Wildman–Crippen MR) is 72.3 cm³/mol. The van der Waals surface area contributed by atoms with Crippen molar-refractivity contribution in [2.75, 3.05) is 0 Å². The van der Waals surface area contributed by atoms with Gasteiger partial charge in [-0.25, -0.2) is 13.6 Å². The summed E-state index contributed by atoms with van der Waals surface area (Å²) in [5.41, 5.74) is 0.516. The van der Waals surface area contributed by atoms with Gasteiger partial charge in [-0.1, -0.05) is 6.07 Å². The van der Waals surface area contributed by atoms with Crippen molar-refractivity contribution in [2.24, 2.45) is 0 Å². The Balaban J connectivity index is 2.42. The van der Waals surface area contributed by atoms with Gasteiger partial charge >= 0.3 is 5.97 Å². The molecule has 0 aliphatic heterocycles. The minimum absolute atomic E-state index is 0.126. The number of aryl methyl sites for hydroxylation is 1. The van der Waals surface area contributed by atoms with E-state index in [-0.39, 0.29) is 21.5 Å². The molecule has 0 aliphatic carbocycles. The van der Waals surface area contributed by atoms with Gasteiger partial charge in [0, 0.05) is 0 Å². The SMILES string of the molecule is Cc1ccc(F)c(Oc2ccc(C(=O)O)c(Br)c2F)c1. The second-order valence-corrected chi connectivity index (χ2v) is 4.87. The van der Waals surface area contributed by atoms with E-state index in [4.69, 9.17) is 9.84 Å². The number of halogens is 3. The van der Waals surface area contributed by atoms with Crippen molar-refractivity contribution in [3.63, 3.8) is 0 Å². The summed E-state index contributed by atoms with van der Waals surface area (Å²) in [6.07, 6.45) is 0. The molecular formula is C14H9BrF2O3. The van der Waals surface area contributed by atoms with Crippen molar-refractivity contribution in [1.29, 1.82) is 0 Å². The fourth-order valence-electron chi connectivity index (χ4n) is 1.58. The summed E-state index contributed by atoms with van der Waals surface area (Å²) in [6.45, 7) is 1.74. The highest BCUT2D eigenvalue weighted by molar-refractivity contribution is 9.10. The van der Waals surface area contributed by atoms with Gasteiger partial charge in [0.2, 0.25) is 0 Å². The lowest BCUT2D eigenvalue weighted by Gasteiger charge is -2.10. The molecule has 3 nitrogen and oxygen atoms in total. The monoisotopic (exact) mass is 342 g/mol. The van der Waals surface area contributed by atoms with Crippen LogP contribution in [0.4, 0.5) is 8.78 Å². The molecule has 0 spiro atoms. The maximum Gasteiger partial charge on any atom is 0.336 e. The maximum atomic E-state index is 14.0. The van der Waals surface area contributed by atoms with Gasteiger partial charge in [-0.2, -0.15) is 0 Å². The maximum absolute atomic E-state index is 14.0. The van der Waals surface area contributed by atoms with Gasteiger partial charge < -0.3 is 9.84 Å². The van der Waals surface area contributed by atoms with E-state index in [0.29, 0.717) is 0 Å². The van der Waals surface area contributed by atoms with Gasteiger partial charge in [0.05, 0.1) is 10.0 Å². The second kappa shape index (κ2) is 5.58. The molecule has 0 bridgehead atoms. The van der Waals surface area contributed by atoms with E-state index in [0.717, 1.165) is 11.6 Å². The van der Waals surface area contributed by atoms with Crippen LogP contribution in [-0.2, 0) is 0 Å². The topological polar surface area (TPSA) is 46.5 Å². The van der Waals surface area contributed by atoms with Crippen LogP contribution < -0.4 is 4.74 Å². The highest BCUT2D eigenvalue weighted by Gasteiger charge is 2.18. The zero-order valence-electron chi connectivity index (χ0n) is 10.3. The van der Waals surface area contributed by atoms with E-state index in [1.54, 1.807) is 13.0 Å². The first-order chi connectivity index (χ1) is 9.40. The van der Waals surface area contributed by atoms with Crippen molar-refractivity contribution in [3.8, 4) is 11.5 Å². The van der Waals surface area contributed by atoms with Crippen molar-refractivity contribution in [1.82, 2.24) is 0 Å². The van der Waals surface area contributed by atoms with E-state index in [2.05, 4.69) is 15.9 Å². The van der Waals surface area contributed by atoms with E-state index < -0.39 is 17.6 Å². The Labute approximate surface area is 121 Å². The number of hydrogen-bond donors (Lipinski definition) is 1. The van der Waals surface area contributed by atoms with Crippen LogP contribution >= 0.6 is 15.9 Å². The number of benzene rings is 2. The Kier molecular flexibility index (Phi) is 4.04. The Morgan fingerprint density at radius 2 is 1.90 bits per heavy atom. The average Bonchev–Trinajstić information content (AvgIpc) is 2.39. The minimum atomic E-state index is -1.27. The number of hydrogen-bond acceptors (Lipinski definition) is 2. The van der Waals surface area contributed by atoms with Crippen LogP contribution in [0.25, 0.3) is 0 Å². The first kappa shape index (κ1) is 14.5. The van der Waals surface area contributed by atoms with Crippen molar-refractivity contribution in [3.05, 3.63) is 57.6 Å². The van der Waals surface area contributed by atoms with Crippen LogP contribution in [-0.4, -0.2) is 11.1 Å². The van der Waals surface area contributed by atoms with Gasteiger partial charge in [0.1, 0.15) is 0 Å². The summed E-state index contributed by atoms with van der Waals surface area (Å²) in [7, 11) is 0. The van der Waals surface area contributed by atoms with Crippen molar-refractivity contribution >= 4 is 21.9 Å². The molecule has 2 aromatic rings. The third kappa shape index (κ3) is 2.80. The number of rotatable bonds is 3. The van der Waals surface area contributed by atoms with Gasteiger partial charge in [0.15, 0.2) is 23.1 Å². The van der Waals surface area contributed by atoms with E-state index in [1.807, 2.05) is 0 Å². The zero-order chi connectivity index (χ0) is 14.9. The average molecular weight is 343 g/mol. The van der Waals surface area contributed by atoms with Crippen LogP contribution in [0.2, 0.25) is 0 Å². The smallest absolute Gasteiger partial charge is 0.336 e. The fraction of sp³-hybridized carbons (Fsp3) is 0.0714. The normalized spacial score (nSPS) is 10.4. The molecule has 2 rings (SSSR count). The Hall–Kier alpha value is -1.95. The lowest BCUT2D eigenvalue weighted by atomic mass is 10.2. The molecule has 0 unspecified atom stereocenters. The molecule has 0 atom stereocenters. The quantitative estimate of drug-likeness (QED) is 0.891. The molecule has 0 saturated carbocycles. The highest BCUT2D eigenvalue weighted by atomic mass is 79.9. The van der Waals surface area contributed by atoms with Crippen LogP contribution in [0.1, 0.15) is 15.9 Å². The largest absolute Gasteiger partial charge is 0.478 e. The molecule has 0 amide bonds. The lowest BCUT2D eigenvalue weighted by Crippen LogP contribution is -2.01. The minimum Gasteiger partial charge on any atom is -0.478 e. The first-order valence-electron chi connectivity index (χ1n) is 5.55. The van der Waals surface area contributed by atoms with E-state index in [9.17, 15) is 13.6 Å². The van der Waals surface area contributed by atoms with Crippen LogP contribution in [0.3, 0.4) is 0 Å². The van der Waals surface area contributed by atoms with Gasteiger partial charge in [-0.05, 0) is 52.7 Å². The third-order valence-electron chi connectivity index (χ3n) is 2.58. The van der Waals surface area contributed by atoms with Crippen LogP contribution in [0.15, 0.2) is 34.8 Å². The molecule has 104 valence electrons. The predicted octanol–water partition coefficient (Wildman–Crippen LogP) is 4.53. The van der Waals surface area contributed by atoms with Gasteiger partial charge in [0.25, 0.3) is 0 Å². The molecule has 0 heterocycles. The van der Waals surface area contributed by atoms with Gasteiger partial charge in [-0.3, -0.25) is 0 Å². The summed E-state index contributed by atoms with van der Waals surface area (Å²) in [5.74, 6) is -3.19. The molecule has 1 N–H and O–H groups in total. The number of aromatic carboxylic acids is 1. The molecule has 0 aliphatic rings. The molecule has 20 heavy (non-hydrogen) atoms. The summed E-state index contributed by atoms with van der Waals surface area (Å²) < 4.78 is 32.4. The Morgan fingerprint density at radius 3 is 2.55 bits per heavy atom. The van der Waals surface area contributed by atoms with Crippen molar-refractivity contribution < 1.29 is 23.4 Å². The molecule has 0 fully saturated rings. The summed E-state index contributed by atoms with van der Waals surface area (Å²) in [6, 6.07) is 6.52. The second-order valence-electron chi connectivity index (χ2n) is 4.08.